The van der Waals surface area contributed by atoms with Crippen molar-refractivity contribution in [2.45, 2.75) is 19.9 Å². The normalized spacial score (nSPS) is 10.7. The SMILES string of the molecule is CCN(Cc1ccc(CCNCCOC)cc1)c1cccc(OC)c1. The van der Waals surface area contributed by atoms with Crippen molar-refractivity contribution in [2.24, 2.45) is 0 Å². The maximum absolute atomic E-state index is 5.34. The third-order valence-corrected chi connectivity index (χ3v) is 4.27. The summed E-state index contributed by atoms with van der Waals surface area (Å²) in [6.45, 7) is 6.68. The second kappa shape index (κ2) is 10.7. The van der Waals surface area contributed by atoms with Crippen LogP contribution in [0, 0.1) is 0 Å². The number of hydrogen-bond acceptors (Lipinski definition) is 4. The van der Waals surface area contributed by atoms with E-state index in [-0.39, 0.29) is 0 Å². The summed E-state index contributed by atoms with van der Waals surface area (Å²) in [6.07, 6.45) is 1.04. The smallest absolute Gasteiger partial charge is 0.120 e. The van der Waals surface area contributed by atoms with Gasteiger partial charge >= 0.3 is 0 Å². The highest BCUT2D eigenvalue weighted by atomic mass is 16.5. The summed E-state index contributed by atoms with van der Waals surface area (Å²) in [5.74, 6) is 0.896. The highest BCUT2D eigenvalue weighted by Gasteiger charge is 2.06. The van der Waals surface area contributed by atoms with E-state index in [4.69, 9.17) is 9.47 Å². The van der Waals surface area contributed by atoms with Gasteiger partial charge in [-0.05, 0) is 43.1 Å². The number of hydrogen-bond donors (Lipinski definition) is 1. The second-order valence-corrected chi connectivity index (χ2v) is 6.02. The molecule has 0 aliphatic carbocycles. The maximum atomic E-state index is 5.34. The lowest BCUT2D eigenvalue weighted by atomic mass is 10.1. The van der Waals surface area contributed by atoms with Crippen LogP contribution in [0.15, 0.2) is 48.5 Å². The van der Waals surface area contributed by atoms with Gasteiger partial charge < -0.3 is 19.7 Å². The summed E-state index contributed by atoms with van der Waals surface area (Å²) in [5, 5.41) is 3.38. The van der Waals surface area contributed by atoms with Crippen LogP contribution < -0.4 is 15.0 Å². The highest BCUT2D eigenvalue weighted by molar-refractivity contribution is 5.51. The van der Waals surface area contributed by atoms with Crippen LogP contribution in [0.3, 0.4) is 0 Å². The molecular weight excluding hydrogens is 312 g/mol. The molecule has 0 saturated heterocycles. The number of nitrogens with one attached hydrogen (secondary N) is 1. The minimum absolute atomic E-state index is 0.760. The molecule has 136 valence electrons. The van der Waals surface area contributed by atoms with E-state index in [1.807, 2.05) is 12.1 Å². The molecule has 0 radical (unpaired) electrons. The van der Waals surface area contributed by atoms with Crippen molar-refractivity contribution in [1.82, 2.24) is 5.32 Å². The summed E-state index contributed by atoms with van der Waals surface area (Å²) < 4.78 is 10.4. The van der Waals surface area contributed by atoms with Crippen LogP contribution in [0.1, 0.15) is 18.1 Å². The minimum atomic E-state index is 0.760. The summed E-state index contributed by atoms with van der Waals surface area (Å²) in [4.78, 5) is 2.35. The van der Waals surface area contributed by atoms with Crippen LogP contribution in [0.5, 0.6) is 5.75 Å². The fraction of sp³-hybridized carbons (Fsp3) is 0.429. The molecule has 0 atom stereocenters. The molecule has 0 amide bonds. The lowest BCUT2D eigenvalue weighted by Gasteiger charge is -2.24. The predicted molar refractivity (Wildman–Crippen MR) is 105 cm³/mol. The third-order valence-electron chi connectivity index (χ3n) is 4.27. The first-order valence-electron chi connectivity index (χ1n) is 8.93. The van der Waals surface area contributed by atoms with Crippen molar-refractivity contribution < 1.29 is 9.47 Å². The van der Waals surface area contributed by atoms with E-state index in [0.717, 1.165) is 45.0 Å². The fourth-order valence-corrected chi connectivity index (χ4v) is 2.76. The van der Waals surface area contributed by atoms with Crippen molar-refractivity contribution in [2.75, 3.05) is 45.4 Å². The summed E-state index contributed by atoms with van der Waals surface area (Å²) in [5.41, 5.74) is 3.87. The van der Waals surface area contributed by atoms with Crippen molar-refractivity contribution in [3.05, 3.63) is 59.7 Å². The summed E-state index contributed by atoms with van der Waals surface area (Å²) >= 11 is 0. The number of methoxy groups -OCH3 is 2. The molecule has 0 fully saturated rings. The molecule has 2 aromatic rings. The van der Waals surface area contributed by atoms with Crippen LogP contribution in [0.2, 0.25) is 0 Å². The fourth-order valence-electron chi connectivity index (χ4n) is 2.76. The molecule has 4 heteroatoms. The van der Waals surface area contributed by atoms with Crippen molar-refractivity contribution in [3.63, 3.8) is 0 Å². The Hall–Kier alpha value is -2.04. The Morgan fingerprint density at radius 1 is 0.960 bits per heavy atom. The Labute approximate surface area is 151 Å². The van der Waals surface area contributed by atoms with E-state index in [1.54, 1.807) is 14.2 Å². The average Bonchev–Trinajstić information content (AvgIpc) is 2.67. The first-order valence-corrected chi connectivity index (χ1v) is 8.93. The lowest BCUT2D eigenvalue weighted by molar-refractivity contribution is 0.199. The number of nitrogens with zero attached hydrogens (tertiary/aromatic N) is 1. The predicted octanol–water partition coefficient (Wildman–Crippen LogP) is 3.50. The molecule has 4 nitrogen and oxygen atoms in total. The van der Waals surface area contributed by atoms with Gasteiger partial charge in [0, 0.05) is 38.5 Å². The quantitative estimate of drug-likeness (QED) is 0.634. The average molecular weight is 342 g/mol. The molecular formula is C21H30N2O2. The van der Waals surface area contributed by atoms with Gasteiger partial charge in [0.05, 0.1) is 13.7 Å². The van der Waals surface area contributed by atoms with E-state index < -0.39 is 0 Å². The van der Waals surface area contributed by atoms with Crippen LogP contribution in [-0.4, -0.2) is 40.5 Å². The number of ether oxygens (including phenoxy) is 2. The van der Waals surface area contributed by atoms with Crippen LogP contribution in [0.4, 0.5) is 5.69 Å². The zero-order valence-electron chi connectivity index (χ0n) is 15.6. The molecule has 0 aliphatic rings. The van der Waals surface area contributed by atoms with Gasteiger partial charge in [0.2, 0.25) is 0 Å². The Morgan fingerprint density at radius 2 is 1.72 bits per heavy atom. The van der Waals surface area contributed by atoms with E-state index in [2.05, 4.69) is 53.5 Å². The van der Waals surface area contributed by atoms with Gasteiger partial charge in [-0.15, -0.1) is 0 Å². The molecule has 0 aliphatic heterocycles. The molecule has 0 bridgehead atoms. The summed E-state index contributed by atoms with van der Waals surface area (Å²) in [7, 11) is 3.43. The number of anilines is 1. The van der Waals surface area contributed by atoms with Gasteiger partial charge in [0.1, 0.15) is 5.75 Å². The topological polar surface area (TPSA) is 33.7 Å². The molecule has 25 heavy (non-hydrogen) atoms. The molecule has 0 aromatic heterocycles. The Bertz CT molecular complexity index is 614. The zero-order chi connectivity index (χ0) is 17.9. The molecule has 2 rings (SSSR count). The Balaban J connectivity index is 1.90. The molecule has 0 unspecified atom stereocenters. The Kier molecular flexibility index (Phi) is 8.29. The van der Waals surface area contributed by atoms with Crippen molar-refractivity contribution >= 4 is 5.69 Å². The third kappa shape index (κ3) is 6.40. The van der Waals surface area contributed by atoms with E-state index in [9.17, 15) is 0 Å². The Morgan fingerprint density at radius 3 is 2.40 bits per heavy atom. The summed E-state index contributed by atoms with van der Waals surface area (Å²) in [6, 6.07) is 17.2. The van der Waals surface area contributed by atoms with Crippen LogP contribution in [0.25, 0.3) is 0 Å². The minimum Gasteiger partial charge on any atom is -0.497 e. The van der Waals surface area contributed by atoms with Crippen molar-refractivity contribution in [1.29, 1.82) is 0 Å². The van der Waals surface area contributed by atoms with Crippen LogP contribution in [-0.2, 0) is 17.7 Å². The van der Waals surface area contributed by atoms with Crippen LogP contribution >= 0.6 is 0 Å². The van der Waals surface area contributed by atoms with E-state index in [0.29, 0.717) is 0 Å². The maximum Gasteiger partial charge on any atom is 0.120 e. The van der Waals surface area contributed by atoms with Gasteiger partial charge in [-0.2, -0.15) is 0 Å². The van der Waals surface area contributed by atoms with E-state index >= 15 is 0 Å². The molecule has 2 aromatic carbocycles. The van der Waals surface area contributed by atoms with Gasteiger partial charge in [-0.3, -0.25) is 0 Å². The lowest BCUT2D eigenvalue weighted by Crippen LogP contribution is -2.22. The number of rotatable bonds is 11. The second-order valence-electron chi connectivity index (χ2n) is 6.02. The first-order chi connectivity index (χ1) is 12.3. The first kappa shape index (κ1) is 19.3. The molecule has 0 heterocycles. The molecule has 0 saturated carbocycles. The van der Waals surface area contributed by atoms with Gasteiger partial charge in [0.25, 0.3) is 0 Å². The van der Waals surface area contributed by atoms with Gasteiger partial charge in [-0.25, -0.2) is 0 Å². The number of benzene rings is 2. The van der Waals surface area contributed by atoms with Crippen molar-refractivity contribution in [3.8, 4) is 5.75 Å². The molecule has 1 N–H and O–H groups in total. The standard InChI is InChI=1S/C21H30N2O2/c1-4-23(20-6-5-7-21(16-20)25-3)17-19-10-8-18(9-11-19)12-13-22-14-15-24-2/h5-11,16,22H,4,12-15,17H2,1-3H3. The van der Waals surface area contributed by atoms with Gasteiger partial charge in [0.15, 0.2) is 0 Å². The zero-order valence-corrected chi connectivity index (χ0v) is 15.6. The highest BCUT2D eigenvalue weighted by Crippen LogP contribution is 2.22. The molecule has 0 spiro atoms. The monoisotopic (exact) mass is 342 g/mol. The van der Waals surface area contributed by atoms with E-state index in [1.165, 1.54) is 16.8 Å². The van der Waals surface area contributed by atoms with Gasteiger partial charge in [-0.1, -0.05) is 30.3 Å². The largest absolute Gasteiger partial charge is 0.497 e.